The lowest BCUT2D eigenvalue weighted by molar-refractivity contribution is 0.100. The first-order valence-electron chi connectivity index (χ1n) is 4.60. The van der Waals surface area contributed by atoms with E-state index in [9.17, 15) is 14.7 Å². The van der Waals surface area contributed by atoms with Crippen molar-refractivity contribution in [3.05, 3.63) is 53.5 Å². The number of phenols is 1. The third kappa shape index (κ3) is 1.72. The Bertz CT molecular complexity index is 539. The molecule has 1 N–H and O–H groups in total. The largest absolute Gasteiger partial charge is 0.507 e. The summed E-state index contributed by atoms with van der Waals surface area (Å²) >= 11 is 0. The molecule has 0 unspecified atom stereocenters. The van der Waals surface area contributed by atoms with Crippen molar-refractivity contribution in [2.75, 3.05) is 0 Å². The van der Waals surface area contributed by atoms with E-state index in [1.54, 1.807) is 12.1 Å². The molecule has 0 aliphatic heterocycles. The molecule has 1 heterocycles. The molecule has 4 heteroatoms. The molecule has 0 saturated heterocycles. The highest BCUT2D eigenvalue weighted by molar-refractivity contribution is 6.09. The highest BCUT2D eigenvalue weighted by atomic mass is 16.4. The van der Waals surface area contributed by atoms with Crippen molar-refractivity contribution in [2.24, 2.45) is 0 Å². The first-order chi connectivity index (χ1) is 7.72. The van der Waals surface area contributed by atoms with Crippen LogP contribution < -0.4 is 0 Å². The molecule has 80 valence electrons. The van der Waals surface area contributed by atoms with Gasteiger partial charge in [-0.05, 0) is 24.3 Å². The van der Waals surface area contributed by atoms with Crippen molar-refractivity contribution in [1.29, 1.82) is 0 Å². The molecule has 2 aromatic rings. The number of rotatable bonds is 3. The quantitative estimate of drug-likeness (QED) is 0.629. The second-order valence-corrected chi connectivity index (χ2v) is 3.17. The minimum absolute atomic E-state index is 0.0311. The van der Waals surface area contributed by atoms with Crippen molar-refractivity contribution < 1.29 is 19.1 Å². The topological polar surface area (TPSA) is 67.5 Å². The first kappa shape index (κ1) is 10.2. The normalized spacial score (nSPS) is 10.0. The second kappa shape index (κ2) is 4.02. The molecule has 0 atom stereocenters. The standard InChI is InChI=1S/C12H8O4/c13-7-8-5-6-11(16-8)12(15)9-3-1-2-4-10(9)14/h1-7,14H. The van der Waals surface area contributed by atoms with E-state index in [2.05, 4.69) is 0 Å². The fraction of sp³-hybridized carbons (Fsp3) is 0. The molecular weight excluding hydrogens is 208 g/mol. The van der Waals surface area contributed by atoms with E-state index in [4.69, 9.17) is 4.42 Å². The summed E-state index contributed by atoms with van der Waals surface area (Å²) in [6.45, 7) is 0. The van der Waals surface area contributed by atoms with Gasteiger partial charge in [0.15, 0.2) is 17.8 Å². The maximum absolute atomic E-state index is 11.8. The van der Waals surface area contributed by atoms with Crippen molar-refractivity contribution in [1.82, 2.24) is 0 Å². The summed E-state index contributed by atoms with van der Waals surface area (Å²) in [5.41, 5.74) is 0.147. The fourth-order valence-corrected chi connectivity index (χ4v) is 1.34. The van der Waals surface area contributed by atoms with E-state index in [1.165, 1.54) is 24.3 Å². The van der Waals surface area contributed by atoms with Crippen LogP contribution in [0.1, 0.15) is 26.7 Å². The number of hydrogen-bond acceptors (Lipinski definition) is 4. The van der Waals surface area contributed by atoms with Crippen LogP contribution in [0.15, 0.2) is 40.8 Å². The van der Waals surface area contributed by atoms with Gasteiger partial charge in [0.1, 0.15) is 5.75 Å². The van der Waals surface area contributed by atoms with E-state index in [1.807, 2.05) is 0 Å². The average Bonchev–Trinajstić information content (AvgIpc) is 2.77. The van der Waals surface area contributed by atoms with Gasteiger partial charge >= 0.3 is 0 Å². The Balaban J connectivity index is 2.39. The SMILES string of the molecule is O=Cc1ccc(C(=O)c2ccccc2O)o1. The van der Waals surface area contributed by atoms with Gasteiger partial charge in [0.05, 0.1) is 5.56 Å². The maximum atomic E-state index is 11.8. The molecule has 0 amide bonds. The molecule has 2 rings (SSSR count). The lowest BCUT2D eigenvalue weighted by atomic mass is 10.1. The van der Waals surface area contributed by atoms with Gasteiger partial charge in [0, 0.05) is 0 Å². The van der Waals surface area contributed by atoms with Crippen LogP contribution >= 0.6 is 0 Å². The Morgan fingerprint density at radius 3 is 2.56 bits per heavy atom. The van der Waals surface area contributed by atoms with Gasteiger partial charge in [0.2, 0.25) is 5.78 Å². The van der Waals surface area contributed by atoms with Crippen LogP contribution in [0.3, 0.4) is 0 Å². The van der Waals surface area contributed by atoms with Crippen LogP contribution in [0.4, 0.5) is 0 Å². The summed E-state index contributed by atoms with van der Waals surface area (Å²) in [4.78, 5) is 22.2. The first-order valence-corrected chi connectivity index (χ1v) is 4.60. The van der Waals surface area contributed by atoms with E-state index in [0.29, 0.717) is 6.29 Å². The molecule has 0 fully saturated rings. The van der Waals surface area contributed by atoms with Crippen molar-refractivity contribution in [2.45, 2.75) is 0 Å². The van der Waals surface area contributed by atoms with Crippen LogP contribution in [0.2, 0.25) is 0 Å². The van der Waals surface area contributed by atoms with Crippen molar-refractivity contribution >= 4 is 12.1 Å². The highest BCUT2D eigenvalue weighted by Crippen LogP contribution is 2.20. The number of furan rings is 1. The molecule has 0 bridgehead atoms. The van der Waals surface area contributed by atoms with Gasteiger partial charge in [-0.15, -0.1) is 0 Å². The summed E-state index contributed by atoms with van der Waals surface area (Å²) in [6, 6.07) is 8.96. The number of benzene rings is 1. The molecule has 0 saturated carbocycles. The Kier molecular flexibility index (Phi) is 2.55. The second-order valence-electron chi connectivity index (χ2n) is 3.17. The average molecular weight is 216 g/mol. The van der Waals surface area contributed by atoms with Gasteiger partial charge in [-0.25, -0.2) is 0 Å². The van der Waals surface area contributed by atoms with Crippen LogP contribution in [0.5, 0.6) is 5.75 Å². The molecule has 0 spiro atoms. The number of ketones is 1. The third-order valence-corrected chi connectivity index (χ3v) is 2.12. The van der Waals surface area contributed by atoms with E-state index >= 15 is 0 Å². The summed E-state index contributed by atoms with van der Waals surface area (Å²) in [7, 11) is 0. The minimum Gasteiger partial charge on any atom is -0.507 e. The van der Waals surface area contributed by atoms with Crippen LogP contribution in [-0.2, 0) is 0 Å². The summed E-state index contributed by atoms with van der Waals surface area (Å²) in [5, 5.41) is 9.47. The predicted molar refractivity (Wildman–Crippen MR) is 55.6 cm³/mol. The number of aromatic hydroxyl groups is 1. The number of phenolic OH excluding ortho intramolecular Hbond substituents is 1. The molecular formula is C12H8O4. The lowest BCUT2D eigenvalue weighted by Gasteiger charge is -1.99. The number of carbonyl (C=O) groups is 2. The third-order valence-electron chi connectivity index (χ3n) is 2.12. The Hall–Kier alpha value is -2.36. The zero-order valence-corrected chi connectivity index (χ0v) is 8.21. The predicted octanol–water partition coefficient (Wildman–Crippen LogP) is 2.03. The van der Waals surface area contributed by atoms with Gasteiger partial charge < -0.3 is 9.52 Å². The lowest BCUT2D eigenvalue weighted by Crippen LogP contribution is -1.99. The molecule has 4 nitrogen and oxygen atoms in total. The Labute approximate surface area is 91.1 Å². The summed E-state index contributed by atoms with van der Waals surface area (Å²) < 4.78 is 4.98. The molecule has 0 radical (unpaired) electrons. The van der Waals surface area contributed by atoms with Gasteiger partial charge in [-0.1, -0.05) is 12.1 Å². The molecule has 0 aliphatic carbocycles. The van der Waals surface area contributed by atoms with Crippen LogP contribution in [-0.4, -0.2) is 17.2 Å². The van der Waals surface area contributed by atoms with Crippen LogP contribution in [0.25, 0.3) is 0 Å². The van der Waals surface area contributed by atoms with Gasteiger partial charge in [-0.3, -0.25) is 9.59 Å². The molecule has 0 aliphatic rings. The Morgan fingerprint density at radius 1 is 1.19 bits per heavy atom. The number of carbonyl (C=O) groups excluding carboxylic acids is 2. The monoisotopic (exact) mass is 216 g/mol. The number of para-hydroxylation sites is 1. The fourth-order valence-electron chi connectivity index (χ4n) is 1.34. The number of aldehydes is 1. The van der Waals surface area contributed by atoms with Crippen molar-refractivity contribution in [3.63, 3.8) is 0 Å². The summed E-state index contributed by atoms with van der Waals surface area (Å²) in [5.74, 6) is -0.454. The van der Waals surface area contributed by atoms with E-state index in [0.717, 1.165) is 0 Å². The summed E-state index contributed by atoms with van der Waals surface area (Å²) in [6.07, 6.45) is 0.516. The van der Waals surface area contributed by atoms with E-state index < -0.39 is 5.78 Å². The maximum Gasteiger partial charge on any atom is 0.231 e. The van der Waals surface area contributed by atoms with Crippen LogP contribution in [0, 0.1) is 0 Å². The molecule has 16 heavy (non-hydrogen) atoms. The molecule has 1 aromatic carbocycles. The smallest absolute Gasteiger partial charge is 0.231 e. The zero-order valence-electron chi connectivity index (χ0n) is 8.21. The highest BCUT2D eigenvalue weighted by Gasteiger charge is 2.16. The van der Waals surface area contributed by atoms with Crippen molar-refractivity contribution in [3.8, 4) is 5.75 Å². The molecule has 1 aromatic heterocycles. The number of hydrogen-bond donors (Lipinski definition) is 1. The van der Waals surface area contributed by atoms with E-state index in [-0.39, 0.29) is 22.8 Å². The Morgan fingerprint density at radius 2 is 1.94 bits per heavy atom. The minimum atomic E-state index is -0.453. The van der Waals surface area contributed by atoms with Gasteiger partial charge in [0.25, 0.3) is 0 Å². The van der Waals surface area contributed by atoms with Gasteiger partial charge in [-0.2, -0.15) is 0 Å². The zero-order chi connectivity index (χ0) is 11.5.